The number of amides is 3. The van der Waals surface area contributed by atoms with Gasteiger partial charge in [0.05, 0.1) is 23.4 Å². The molecule has 0 radical (unpaired) electrons. The third kappa shape index (κ3) is 5.85. The molecular formula is C28H29N5O2. The van der Waals surface area contributed by atoms with E-state index in [-0.39, 0.29) is 18.0 Å². The molecule has 1 aliphatic heterocycles. The summed E-state index contributed by atoms with van der Waals surface area (Å²) in [6.45, 7) is 5.11. The summed E-state index contributed by atoms with van der Waals surface area (Å²) in [6.07, 6.45) is 3.45. The second kappa shape index (κ2) is 10.8. The topological polar surface area (TPSA) is 98.1 Å². The van der Waals surface area contributed by atoms with Crippen molar-refractivity contribution in [3.05, 3.63) is 94.8 Å². The zero-order chi connectivity index (χ0) is 24.8. The number of anilines is 1. The Morgan fingerprint density at radius 1 is 1.09 bits per heavy atom. The number of urea groups is 1. The molecule has 7 nitrogen and oxygen atoms in total. The maximum Gasteiger partial charge on any atom is 0.319 e. The standard InChI is InChI=1S/C28H29N5O2/c1-19-6-9-24(17-26(19)32-28(35)31-20(2)25-5-3-4-14-30-25)27(34)33-15-12-23(13-16-33)22-10-7-21(18-29)8-11-22/h3-11,14,17,20,23H,12-13,15-16H2,1-2H3,(H2,31,32,35). The predicted octanol–water partition coefficient (Wildman–Crippen LogP) is 5.16. The molecule has 178 valence electrons. The van der Waals surface area contributed by atoms with Crippen molar-refractivity contribution >= 4 is 17.6 Å². The van der Waals surface area contributed by atoms with E-state index in [0.717, 1.165) is 24.1 Å². The van der Waals surface area contributed by atoms with Crippen LogP contribution >= 0.6 is 0 Å². The Kier molecular flexibility index (Phi) is 7.41. The van der Waals surface area contributed by atoms with Crippen LogP contribution in [0.2, 0.25) is 0 Å². The summed E-state index contributed by atoms with van der Waals surface area (Å²) in [7, 11) is 0. The van der Waals surface area contributed by atoms with Crippen molar-refractivity contribution in [2.75, 3.05) is 18.4 Å². The van der Waals surface area contributed by atoms with E-state index in [9.17, 15) is 9.59 Å². The molecule has 2 aromatic carbocycles. The van der Waals surface area contributed by atoms with Crippen molar-refractivity contribution in [1.82, 2.24) is 15.2 Å². The number of hydrogen-bond donors (Lipinski definition) is 2. The zero-order valence-electron chi connectivity index (χ0n) is 20.0. The molecule has 3 aromatic rings. The minimum absolute atomic E-state index is 0.0337. The van der Waals surface area contributed by atoms with Gasteiger partial charge in [0, 0.05) is 30.5 Å². The van der Waals surface area contributed by atoms with E-state index in [0.29, 0.717) is 35.8 Å². The summed E-state index contributed by atoms with van der Waals surface area (Å²) in [4.78, 5) is 31.9. The Morgan fingerprint density at radius 2 is 1.83 bits per heavy atom. The van der Waals surface area contributed by atoms with Crippen molar-refractivity contribution in [2.45, 2.75) is 38.6 Å². The van der Waals surface area contributed by atoms with Crippen LogP contribution in [0.3, 0.4) is 0 Å². The van der Waals surface area contributed by atoms with Gasteiger partial charge in [-0.2, -0.15) is 5.26 Å². The molecule has 0 saturated carbocycles. The second-order valence-corrected chi connectivity index (χ2v) is 8.90. The van der Waals surface area contributed by atoms with Gasteiger partial charge in [-0.1, -0.05) is 24.3 Å². The van der Waals surface area contributed by atoms with Crippen LogP contribution in [0.1, 0.15) is 64.5 Å². The number of benzene rings is 2. The molecule has 35 heavy (non-hydrogen) atoms. The van der Waals surface area contributed by atoms with Gasteiger partial charge in [0.25, 0.3) is 5.91 Å². The number of carbonyl (C=O) groups excluding carboxylic acids is 2. The molecule has 4 rings (SSSR count). The van der Waals surface area contributed by atoms with Gasteiger partial charge in [0.15, 0.2) is 0 Å². The molecule has 1 aromatic heterocycles. The molecular weight excluding hydrogens is 438 g/mol. The third-order valence-corrected chi connectivity index (χ3v) is 6.51. The van der Waals surface area contributed by atoms with Crippen molar-refractivity contribution < 1.29 is 9.59 Å². The van der Waals surface area contributed by atoms with E-state index in [1.807, 2.05) is 73.3 Å². The van der Waals surface area contributed by atoms with Crippen LogP contribution in [0, 0.1) is 18.3 Å². The van der Waals surface area contributed by atoms with Crippen LogP contribution in [0.5, 0.6) is 0 Å². The fourth-order valence-corrected chi connectivity index (χ4v) is 4.38. The highest BCUT2D eigenvalue weighted by Gasteiger charge is 2.25. The van der Waals surface area contributed by atoms with E-state index in [1.165, 1.54) is 5.56 Å². The first-order valence-electron chi connectivity index (χ1n) is 11.8. The molecule has 1 fully saturated rings. The molecule has 2 N–H and O–H groups in total. The lowest BCUT2D eigenvalue weighted by Gasteiger charge is -2.32. The number of nitrogens with zero attached hydrogens (tertiary/aromatic N) is 3. The van der Waals surface area contributed by atoms with Gasteiger partial charge in [-0.15, -0.1) is 0 Å². The minimum atomic E-state index is -0.348. The maximum atomic E-state index is 13.2. The molecule has 0 bridgehead atoms. The Bertz CT molecular complexity index is 1230. The second-order valence-electron chi connectivity index (χ2n) is 8.90. The Hall–Kier alpha value is -4.18. The first-order valence-corrected chi connectivity index (χ1v) is 11.8. The highest BCUT2D eigenvalue weighted by atomic mass is 16.2. The van der Waals surface area contributed by atoms with Crippen LogP contribution in [-0.2, 0) is 0 Å². The summed E-state index contributed by atoms with van der Waals surface area (Å²) in [6, 6.07) is 20.3. The first kappa shape index (κ1) is 24.0. The number of piperidine rings is 1. The number of aromatic nitrogens is 1. The fraction of sp³-hybridized carbons (Fsp3) is 0.286. The van der Waals surface area contributed by atoms with Crippen molar-refractivity contribution in [3.63, 3.8) is 0 Å². The largest absolute Gasteiger partial charge is 0.339 e. The van der Waals surface area contributed by atoms with E-state index >= 15 is 0 Å². The predicted molar refractivity (Wildman–Crippen MR) is 135 cm³/mol. The Morgan fingerprint density at radius 3 is 2.49 bits per heavy atom. The average molecular weight is 468 g/mol. The molecule has 1 saturated heterocycles. The number of carbonyl (C=O) groups is 2. The highest BCUT2D eigenvalue weighted by molar-refractivity contribution is 5.97. The number of rotatable bonds is 5. The summed E-state index contributed by atoms with van der Waals surface area (Å²) >= 11 is 0. The van der Waals surface area contributed by atoms with Crippen LogP contribution in [0.4, 0.5) is 10.5 Å². The lowest BCUT2D eigenvalue weighted by atomic mass is 9.89. The molecule has 0 spiro atoms. The Balaban J connectivity index is 1.36. The molecule has 1 aliphatic rings. The SMILES string of the molecule is Cc1ccc(C(=O)N2CCC(c3ccc(C#N)cc3)CC2)cc1NC(=O)NC(C)c1ccccn1. The summed E-state index contributed by atoms with van der Waals surface area (Å²) < 4.78 is 0. The van der Waals surface area contributed by atoms with E-state index in [2.05, 4.69) is 21.7 Å². The number of hydrogen-bond acceptors (Lipinski definition) is 4. The van der Waals surface area contributed by atoms with Crippen LogP contribution < -0.4 is 10.6 Å². The van der Waals surface area contributed by atoms with Gasteiger partial charge in [-0.3, -0.25) is 9.78 Å². The molecule has 3 amide bonds. The van der Waals surface area contributed by atoms with Crippen molar-refractivity contribution in [3.8, 4) is 6.07 Å². The number of nitriles is 1. The highest BCUT2D eigenvalue weighted by Crippen LogP contribution is 2.29. The normalized spacial score (nSPS) is 14.6. The average Bonchev–Trinajstić information content (AvgIpc) is 2.90. The van der Waals surface area contributed by atoms with Gasteiger partial charge >= 0.3 is 6.03 Å². The molecule has 2 heterocycles. The number of aryl methyl sites for hydroxylation is 1. The smallest absolute Gasteiger partial charge is 0.319 e. The fourth-order valence-electron chi connectivity index (χ4n) is 4.38. The monoisotopic (exact) mass is 467 g/mol. The van der Waals surface area contributed by atoms with Crippen LogP contribution in [0.15, 0.2) is 66.9 Å². The summed E-state index contributed by atoms with van der Waals surface area (Å²) in [5.74, 6) is 0.348. The molecule has 0 aliphatic carbocycles. The Labute approximate surface area is 205 Å². The quantitative estimate of drug-likeness (QED) is 0.541. The van der Waals surface area contributed by atoms with Crippen LogP contribution in [-0.4, -0.2) is 34.9 Å². The first-order chi connectivity index (χ1) is 16.9. The van der Waals surface area contributed by atoms with Gasteiger partial charge in [-0.25, -0.2) is 4.79 Å². The lowest BCUT2D eigenvalue weighted by Crippen LogP contribution is -2.38. The molecule has 1 atom stereocenters. The zero-order valence-corrected chi connectivity index (χ0v) is 20.0. The number of likely N-dealkylation sites (tertiary alicyclic amines) is 1. The number of nitrogens with one attached hydrogen (secondary N) is 2. The van der Waals surface area contributed by atoms with E-state index in [1.54, 1.807) is 12.3 Å². The van der Waals surface area contributed by atoms with Crippen LogP contribution in [0.25, 0.3) is 0 Å². The van der Waals surface area contributed by atoms with Gasteiger partial charge in [-0.05, 0) is 80.1 Å². The van der Waals surface area contributed by atoms with Gasteiger partial charge < -0.3 is 15.5 Å². The summed E-state index contributed by atoms with van der Waals surface area (Å²) in [5.41, 5.74) is 4.68. The third-order valence-electron chi connectivity index (χ3n) is 6.51. The molecule has 7 heteroatoms. The summed E-state index contributed by atoms with van der Waals surface area (Å²) in [5, 5.41) is 14.8. The van der Waals surface area contributed by atoms with Crippen molar-refractivity contribution in [1.29, 1.82) is 5.26 Å². The van der Waals surface area contributed by atoms with E-state index in [4.69, 9.17) is 5.26 Å². The van der Waals surface area contributed by atoms with Gasteiger partial charge in [0.2, 0.25) is 0 Å². The lowest BCUT2D eigenvalue weighted by molar-refractivity contribution is 0.0713. The van der Waals surface area contributed by atoms with Gasteiger partial charge in [0.1, 0.15) is 0 Å². The minimum Gasteiger partial charge on any atom is -0.339 e. The number of pyridine rings is 1. The maximum absolute atomic E-state index is 13.2. The van der Waals surface area contributed by atoms with E-state index < -0.39 is 0 Å². The molecule has 1 unspecified atom stereocenters. The van der Waals surface area contributed by atoms with Crippen molar-refractivity contribution in [2.24, 2.45) is 0 Å².